The average molecular weight is 450 g/mol. The van der Waals surface area contributed by atoms with Crippen molar-refractivity contribution in [2.75, 3.05) is 7.11 Å². The Morgan fingerprint density at radius 3 is 2.57 bits per heavy atom. The van der Waals surface area contributed by atoms with Crippen LogP contribution in [0.25, 0.3) is 6.08 Å². The van der Waals surface area contributed by atoms with Gasteiger partial charge in [-0.25, -0.2) is 4.39 Å². The van der Waals surface area contributed by atoms with Crippen LogP contribution in [0.5, 0.6) is 11.5 Å². The number of carbonyl (C=O) groups excluding carboxylic acids is 2. The highest BCUT2D eigenvalue weighted by Crippen LogP contribution is 2.39. The lowest BCUT2D eigenvalue weighted by atomic mass is 10.1. The second-order valence-corrected chi connectivity index (χ2v) is 8.17. The van der Waals surface area contributed by atoms with Gasteiger partial charge in [-0.1, -0.05) is 30.7 Å². The van der Waals surface area contributed by atoms with Crippen LogP contribution in [0.1, 0.15) is 31.4 Å². The molecule has 0 bridgehead atoms. The van der Waals surface area contributed by atoms with Gasteiger partial charge in [-0.05, 0) is 66.6 Å². The maximum atomic E-state index is 13.1. The molecule has 8 heteroatoms. The zero-order valence-corrected chi connectivity index (χ0v) is 18.3. The highest BCUT2D eigenvalue weighted by molar-refractivity contribution is 8.18. The quantitative estimate of drug-likeness (QED) is 0.492. The standard InChI is InChI=1S/C22H21ClFNO4S/c1-4-13(2)29-20-17(23)9-15(10-18(20)28-3)11-19-21(26)25(22(27)30-19)12-14-5-7-16(24)8-6-14/h5-11,13H,4,12H2,1-3H3/b19-11-/t13-/m1/s1. The van der Waals surface area contributed by atoms with Crippen LogP contribution in [0.3, 0.4) is 0 Å². The molecule has 0 aliphatic carbocycles. The minimum absolute atomic E-state index is 0.0368. The molecule has 30 heavy (non-hydrogen) atoms. The Morgan fingerprint density at radius 2 is 1.93 bits per heavy atom. The molecule has 2 amide bonds. The Balaban J connectivity index is 1.84. The molecule has 1 aliphatic heterocycles. The lowest BCUT2D eigenvalue weighted by molar-refractivity contribution is -0.123. The highest BCUT2D eigenvalue weighted by atomic mass is 35.5. The Bertz CT molecular complexity index is 993. The number of ether oxygens (including phenoxy) is 2. The van der Waals surface area contributed by atoms with E-state index < -0.39 is 5.91 Å². The lowest BCUT2D eigenvalue weighted by Crippen LogP contribution is -2.27. The molecule has 5 nitrogen and oxygen atoms in total. The lowest BCUT2D eigenvalue weighted by Gasteiger charge is -2.17. The van der Waals surface area contributed by atoms with Crippen molar-refractivity contribution in [2.24, 2.45) is 0 Å². The molecule has 0 radical (unpaired) electrons. The zero-order chi connectivity index (χ0) is 21.8. The van der Waals surface area contributed by atoms with Gasteiger partial charge >= 0.3 is 0 Å². The van der Waals surface area contributed by atoms with Crippen molar-refractivity contribution in [2.45, 2.75) is 32.9 Å². The molecular weight excluding hydrogens is 429 g/mol. The van der Waals surface area contributed by atoms with Crippen molar-refractivity contribution in [1.82, 2.24) is 4.90 Å². The summed E-state index contributed by atoms with van der Waals surface area (Å²) in [6.45, 7) is 4.01. The summed E-state index contributed by atoms with van der Waals surface area (Å²) >= 11 is 7.23. The van der Waals surface area contributed by atoms with Crippen LogP contribution in [0.2, 0.25) is 5.02 Å². The fraction of sp³-hybridized carbons (Fsp3) is 0.273. The van der Waals surface area contributed by atoms with E-state index in [4.69, 9.17) is 21.1 Å². The van der Waals surface area contributed by atoms with Gasteiger partial charge in [-0.2, -0.15) is 0 Å². The van der Waals surface area contributed by atoms with Crippen LogP contribution in [0.4, 0.5) is 9.18 Å². The molecule has 3 rings (SSSR count). The van der Waals surface area contributed by atoms with Crippen LogP contribution in [-0.2, 0) is 11.3 Å². The second kappa shape index (κ2) is 9.53. The van der Waals surface area contributed by atoms with E-state index in [9.17, 15) is 14.0 Å². The molecule has 0 saturated carbocycles. The Hall–Kier alpha value is -2.51. The van der Waals surface area contributed by atoms with Crippen LogP contribution in [0, 0.1) is 5.82 Å². The Labute approximate surface area is 183 Å². The minimum atomic E-state index is -0.413. The van der Waals surface area contributed by atoms with Gasteiger partial charge in [0.25, 0.3) is 11.1 Å². The average Bonchev–Trinajstić information content (AvgIpc) is 2.98. The molecule has 0 unspecified atom stereocenters. The van der Waals surface area contributed by atoms with Gasteiger partial charge in [-0.3, -0.25) is 14.5 Å². The number of nitrogens with zero attached hydrogens (tertiary/aromatic N) is 1. The van der Waals surface area contributed by atoms with Crippen molar-refractivity contribution in [3.63, 3.8) is 0 Å². The van der Waals surface area contributed by atoms with Gasteiger partial charge in [0.15, 0.2) is 11.5 Å². The van der Waals surface area contributed by atoms with Crippen molar-refractivity contribution < 1.29 is 23.5 Å². The third-order valence-corrected chi connectivity index (χ3v) is 5.76. The molecule has 1 aliphatic rings. The van der Waals surface area contributed by atoms with Gasteiger partial charge in [0, 0.05) is 0 Å². The van der Waals surface area contributed by atoms with Crippen molar-refractivity contribution >= 4 is 40.6 Å². The Morgan fingerprint density at radius 1 is 1.23 bits per heavy atom. The summed E-state index contributed by atoms with van der Waals surface area (Å²) < 4.78 is 24.3. The van der Waals surface area contributed by atoms with Crippen molar-refractivity contribution in [1.29, 1.82) is 0 Å². The monoisotopic (exact) mass is 449 g/mol. The van der Waals surface area contributed by atoms with Gasteiger partial charge in [0.2, 0.25) is 0 Å². The molecule has 1 fully saturated rings. The van der Waals surface area contributed by atoms with E-state index in [2.05, 4.69) is 0 Å². The van der Waals surface area contributed by atoms with Gasteiger partial charge in [-0.15, -0.1) is 0 Å². The maximum absolute atomic E-state index is 13.1. The van der Waals surface area contributed by atoms with Crippen LogP contribution in [0.15, 0.2) is 41.3 Å². The van der Waals surface area contributed by atoms with Gasteiger partial charge in [0.1, 0.15) is 5.82 Å². The fourth-order valence-electron chi connectivity index (χ4n) is 2.78. The molecule has 0 aromatic heterocycles. The van der Waals surface area contributed by atoms with E-state index in [-0.39, 0.29) is 28.6 Å². The first-order valence-corrected chi connectivity index (χ1v) is 10.6. The van der Waals surface area contributed by atoms with Crippen molar-refractivity contribution in [3.8, 4) is 11.5 Å². The van der Waals surface area contributed by atoms with Crippen LogP contribution >= 0.6 is 23.4 Å². The summed E-state index contributed by atoms with van der Waals surface area (Å²) in [6, 6.07) is 9.04. The third kappa shape index (κ3) is 4.96. The van der Waals surface area contributed by atoms with E-state index >= 15 is 0 Å². The normalized spacial score (nSPS) is 16.3. The maximum Gasteiger partial charge on any atom is 0.293 e. The largest absolute Gasteiger partial charge is 0.493 e. The topological polar surface area (TPSA) is 55.8 Å². The van der Waals surface area contributed by atoms with Gasteiger partial charge < -0.3 is 9.47 Å². The summed E-state index contributed by atoms with van der Waals surface area (Å²) in [5.74, 6) is 0.0957. The number of imide groups is 1. The molecule has 1 heterocycles. The first-order valence-electron chi connectivity index (χ1n) is 9.36. The van der Waals surface area contributed by atoms with E-state index in [0.717, 1.165) is 23.1 Å². The van der Waals surface area contributed by atoms with E-state index in [0.29, 0.717) is 27.6 Å². The number of amides is 2. The number of carbonyl (C=O) groups is 2. The van der Waals surface area contributed by atoms with Crippen LogP contribution in [-0.4, -0.2) is 29.3 Å². The fourth-order valence-corrected chi connectivity index (χ4v) is 3.88. The number of hydrogen-bond acceptors (Lipinski definition) is 5. The van der Waals surface area contributed by atoms with Gasteiger partial charge in [0.05, 0.1) is 29.7 Å². The highest BCUT2D eigenvalue weighted by Gasteiger charge is 2.35. The molecule has 0 spiro atoms. The molecule has 158 valence electrons. The molecular formula is C22H21ClFNO4S. The number of hydrogen-bond donors (Lipinski definition) is 0. The summed E-state index contributed by atoms with van der Waals surface area (Å²) in [5.41, 5.74) is 1.27. The SMILES string of the molecule is CC[C@@H](C)Oc1c(Cl)cc(/C=C2\SC(=O)N(Cc3ccc(F)cc3)C2=O)cc1OC. The van der Waals surface area contributed by atoms with E-state index in [1.165, 1.54) is 19.2 Å². The number of thioether (sulfide) groups is 1. The minimum Gasteiger partial charge on any atom is -0.493 e. The second-order valence-electron chi connectivity index (χ2n) is 6.77. The summed E-state index contributed by atoms with van der Waals surface area (Å²) in [5, 5.41) is -0.0307. The summed E-state index contributed by atoms with van der Waals surface area (Å²) in [7, 11) is 1.51. The Kier molecular flexibility index (Phi) is 7.05. The predicted molar refractivity (Wildman–Crippen MR) is 116 cm³/mol. The summed E-state index contributed by atoms with van der Waals surface area (Å²) in [4.78, 5) is 26.5. The molecule has 2 aromatic carbocycles. The first kappa shape index (κ1) is 22.2. The number of halogens is 2. The smallest absolute Gasteiger partial charge is 0.293 e. The number of benzene rings is 2. The zero-order valence-electron chi connectivity index (χ0n) is 16.8. The third-order valence-electron chi connectivity index (χ3n) is 4.57. The number of rotatable bonds is 7. The number of methoxy groups -OCH3 is 1. The van der Waals surface area contributed by atoms with E-state index in [1.54, 1.807) is 30.3 Å². The molecule has 0 N–H and O–H groups in total. The van der Waals surface area contributed by atoms with Crippen LogP contribution < -0.4 is 9.47 Å². The van der Waals surface area contributed by atoms with E-state index in [1.807, 2.05) is 13.8 Å². The first-order chi connectivity index (χ1) is 14.3. The van der Waals surface area contributed by atoms with Crippen molar-refractivity contribution in [3.05, 3.63) is 63.3 Å². The predicted octanol–water partition coefficient (Wildman–Crippen LogP) is 5.90. The molecule has 2 aromatic rings. The molecule has 1 saturated heterocycles. The summed E-state index contributed by atoms with van der Waals surface area (Å²) in [6.07, 6.45) is 2.37. The molecule has 1 atom stereocenters.